The van der Waals surface area contributed by atoms with Crippen LogP contribution in [0, 0.1) is 0 Å². The Morgan fingerprint density at radius 2 is 2.04 bits per heavy atom. The van der Waals surface area contributed by atoms with Crippen LogP contribution in [0.5, 0.6) is 0 Å². The highest BCUT2D eigenvalue weighted by Gasteiger charge is 2.08. The number of aromatic nitrogens is 3. The second kappa shape index (κ2) is 8.41. The van der Waals surface area contributed by atoms with Crippen LogP contribution in [0.25, 0.3) is 11.3 Å². The highest BCUT2D eigenvalue weighted by molar-refractivity contribution is 6.30. The summed E-state index contributed by atoms with van der Waals surface area (Å²) in [5, 5.41) is 16.0. The highest BCUT2D eigenvalue weighted by Crippen LogP contribution is 2.26. The van der Waals surface area contributed by atoms with Gasteiger partial charge in [-0.3, -0.25) is 4.98 Å². The van der Waals surface area contributed by atoms with Gasteiger partial charge in [0.25, 0.3) is 0 Å². The van der Waals surface area contributed by atoms with E-state index in [9.17, 15) is 0 Å². The second-order valence-corrected chi connectivity index (χ2v) is 5.76. The fraction of sp³-hybridized carbons (Fsp3) is 0.167. The lowest BCUT2D eigenvalue weighted by Gasteiger charge is -2.11. The third-order valence-electron chi connectivity index (χ3n) is 3.48. The summed E-state index contributed by atoms with van der Waals surface area (Å²) in [5.41, 5.74) is 3.38. The molecule has 0 spiro atoms. The van der Waals surface area contributed by atoms with E-state index in [2.05, 4.69) is 25.6 Å². The molecule has 0 bridgehead atoms. The van der Waals surface area contributed by atoms with Crippen LogP contribution in [0.1, 0.15) is 6.42 Å². The Bertz CT molecular complexity index is 843. The molecule has 0 radical (unpaired) electrons. The summed E-state index contributed by atoms with van der Waals surface area (Å²) < 4.78 is 0. The molecule has 3 rings (SSSR count). The first-order chi connectivity index (χ1) is 12.3. The van der Waals surface area contributed by atoms with Gasteiger partial charge in [-0.15, -0.1) is 0 Å². The molecular weight excluding hydrogens is 338 g/mol. The van der Waals surface area contributed by atoms with Gasteiger partial charge in [0.15, 0.2) is 0 Å². The smallest absolute Gasteiger partial charge is 0.227 e. The maximum Gasteiger partial charge on any atom is 0.227 e. The lowest BCUT2D eigenvalue weighted by atomic mass is 10.1. The molecule has 1 aromatic carbocycles. The van der Waals surface area contributed by atoms with Crippen molar-refractivity contribution in [1.82, 2.24) is 15.0 Å². The van der Waals surface area contributed by atoms with Gasteiger partial charge in [0.1, 0.15) is 0 Å². The van der Waals surface area contributed by atoms with Gasteiger partial charge in [0.2, 0.25) is 5.95 Å². The number of pyridine rings is 1. The lowest BCUT2D eigenvalue weighted by molar-refractivity contribution is 0.292. The number of nitrogens with zero attached hydrogens (tertiary/aromatic N) is 3. The number of hydrogen-bond donors (Lipinski definition) is 3. The van der Waals surface area contributed by atoms with Gasteiger partial charge in [-0.2, -0.15) is 0 Å². The van der Waals surface area contributed by atoms with E-state index in [0.717, 1.165) is 22.6 Å². The van der Waals surface area contributed by atoms with Gasteiger partial charge in [0, 0.05) is 41.8 Å². The van der Waals surface area contributed by atoms with Crippen LogP contribution >= 0.6 is 11.6 Å². The summed E-state index contributed by atoms with van der Waals surface area (Å²) in [6, 6.07) is 11.1. The van der Waals surface area contributed by atoms with Crippen LogP contribution in [0.4, 0.5) is 17.3 Å². The molecule has 3 N–H and O–H groups in total. The van der Waals surface area contributed by atoms with Crippen molar-refractivity contribution < 1.29 is 5.11 Å². The Kier molecular flexibility index (Phi) is 5.77. The molecular formula is C18H18ClN5O. The summed E-state index contributed by atoms with van der Waals surface area (Å²) in [4.78, 5) is 13.0. The number of aliphatic hydroxyl groups excluding tert-OH is 1. The van der Waals surface area contributed by atoms with Crippen molar-refractivity contribution in [2.75, 3.05) is 23.8 Å². The molecule has 25 heavy (non-hydrogen) atoms. The molecule has 0 aliphatic heterocycles. The normalized spacial score (nSPS) is 10.5. The summed E-state index contributed by atoms with van der Waals surface area (Å²) in [7, 11) is 0. The molecule has 0 amide bonds. The zero-order valence-corrected chi connectivity index (χ0v) is 14.2. The maximum absolute atomic E-state index is 8.93. The van der Waals surface area contributed by atoms with Crippen LogP contribution in [-0.4, -0.2) is 33.2 Å². The molecule has 7 heteroatoms. The molecule has 128 valence electrons. The molecule has 0 aliphatic carbocycles. The fourth-order valence-electron chi connectivity index (χ4n) is 2.33. The van der Waals surface area contributed by atoms with Crippen molar-refractivity contribution >= 4 is 28.9 Å². The average Bonchev–Trinajstić information content (AvgIpc) is 2.63. The monoisotopic (exact) mass is 355 g/mol. The Morgan fingerprint density at radius 3 is 2.88 bits per heavy atom. The van der Waals surface area contributed by atoms with Crippen LogP contribution in [-0.2, 0) is 0 Å². The van der Waals surface area contributed by atoms with E-state index in [-0.39, 0.29) is 6.61 Å². The number of halogens is 1. The molecule has 0 saturated carbocycles. The zero-order valence-electron chi connectivity index (χ0n) is 13.5. The molecule has 2 aromatic heterocycles. The fourth-order valence-corrected chi connectivity index (χ4v) is 2.52. The van der Waals surface area contributed by atoms with Crippen LogP contribution in [0.2, 0.25) is 5.02 Å². The first kappa shape index (κ1) is 17.1. The largest absolute Gasteiger partial charge is 0.396 e. The first-order valence-corrected chi connectivity index (χ1v) is 8.29. The van der Waals surface area contributed by atoms with Gasteiger partial charge in [-0.25, -0.2) is 9.97 Å². The standard InChI is InChI=1S/C18H18ClN5O/c19-13-3-1-4-14(11-13)23-18-22-9-6-16(24-18)15-5-8-20-12-17(15)21-7-2-10-25/h1,3-6,8-9,11-12,21,25H,2,7,10H2,(H,22,23,24). The number of rotatable bonds is 7. The van der Waals surface area contributed by atoms with E-state index in [4.69, 9.17) is 16.7 Å². The van der Waals surface area contributed by atoms with E-state index in [0.29, 0.717) is 23.9 Å². The van der Waals surface area contributed by atoms with Crippen molar-refractivity contribution in [1.29, 1.82) is 0 Å². The Morgan fingerprint density at radius 1 is 1.12 bits per heavy atom. The van der Waals surface area contributed by atoms with E-state index in [1.54, 1.807) is 18.6 Å². The molecule has 0 atom stereocenters. The van der Waals surface area contributed by atoms with E-state index < -0.39 is 0 Å². The highest BCUT2D eigenvalue weighted by atomic mass is 35.5. The molecule has 0 unspecified atom stereocenters. The number of hydrogen-bond acceptors (Lipinski definition) is 6. The summed E-state index contributed by atoms with van der Waals surface area (Å²) in [6.07, 6.45) is 5.84. The number of aliphatic hydroxyl groups is 1. The van der Waals surface area contributed by atoms with Gasteiger partial charge in [-0.05, 0) is 36.8 Å². The van der Waals surface area contributed by atoms with Crippen LogP contribution in [0.15, 0.2) is 55.0 Å². The van der Waals surface area contributed by atoms with Crippen LogP contribution < -0.4 is 10.6 Å². The van der Waals surface area contributed by atoms with Crippen molar-refractivity contribution in [2.24, 2.45) is 0 Å². The Hall–Kier alpha value is -2.70. The predicted octanol–water partition coefficient (Wildman–Crippen LogP) is 3.73. The van der Waals surface area contributed by atoms with Crippen molar-refractivity contribution in [2.45, 2.75) is 6.42 Å². The lowest BCUT2D eigenvalue weighted by Crippen LogP contribution is -2.05. The number of nitrogens with one attached hydrogen (secondary N) is 2. The van der Waals surface area contributed by atoms with Crippen molar-refractivity contribution in [3.05, 3.63) is 60.0 Å². The van der Waals surface area contributed by atoms with E-state index in [1.807, 2.05) is 36.4 Å². The third-order valence-corrected chi connectivity index (χ3v) is 3.72. The number of benzene rings is 1. The predicted molar refractivity (Wildman–Crippen MR) is 100 cm³/mol. The van der Waals surface area contributed by atoms with E-state index >= 15 is 0 Å². The molecule has 0 aliphatic rings. The van der Waals surface area contributed by atoms with Crippen molar-refractivity contribution in [3.63, 3.8) is 0 Å². The quantitative estimate of drug-likeness (QED) is 0.560. The number of anilines is 3. The minimum atomic E-state index is 0.143. The Labute approximate surface area is 150 Å². The summed E-state index contributed by atoms with van der Waals surface area (Å²) >= 11 is 6.01. The summed E-state index contributed by atoms with van der Waals surface area (Å²) in [6.45, 7) is 0.803. The molecule has 6 nitrogen and oxygen atoms in total. The molecule has 0 fully saturated rings. The summed E-state index contributed by atoms with van der Waals surface area (Å²) in [5.74, 6) is 0.484. The zero-order chi connectivity index (χ0) is 17.5. The van der Waals surface area contributed by atoms with Crippen LogP contribution in [0.3, 0.4) is 0 Å². The average molecular weight is 356 g/mol. The molecule has 0 saturated heterocycles. The maximum atomic E-state index is 8.93. The van der Waals surface area contributed by atoms with Gasteiger partial charge >= 0.3 is 0 Å². The van der Waals surface area contributed by atoms with Gasteiger partial charge in [0.05, 0.1) is 17.6 Å². The van der Waals surface area contributed by atoms with E-state index in [1.165, 1.54) is 0 Å². The molecule has 3 aromatic rings. The third kappa shape index (κ3) is 4.65. The topological polar surface area (TPSA) is 83.0 Å². The van der Waals surface area contributed by atoms with Crippen molar-refractivity contribution in [3.8, 4) is 11.3 Å². The van der Waals surface area contributed by atoms with Gasteiger partial charge in [-0.1, -0.05) is 17.7 Å². The second-order valence-electron chi connectivity index (χ2n) is 5.33. The minimum Gasteiger partial charge on any atom is -0.396 e. The first-order valence-electron chi connectivity index (χ1n) is 7.91. The van der Waals surface area contributed by atoms with Gasteiger partial charge < -0.3 is 15.7 Å². The Balaban J connectivity index is 1.84. The molecule has 2 heterocycles. The minimum absolute atomic E-state index is 0.143. The SMILES string of the molecule is OCCCNc1cnccc1-c1ccnc(Nc2cccc(Cl)c2)n1.